The van der Waals surface area contributed by atoms with Crippen LogP contribution in [0.2, 0.25) is 0 Å². The second-order valence-corrected chi connectivity index (χ2v) is 5.08. The van der Waals surface area contributed by atoms with Gasteiger partial charge in [-0.1, -0.05) is 12.1 Å². The van der Waals surface area contributed by atoms with Gasteiger partial charge in [0.2, 0.25) is 5.91 Å². The van der Waals surface area contributed by atoms with Crippen molar-refractivity contribution in [2.45, 2.75) is 26.1 Å². The van der Waals surface area contributed by atoms with Gasteiger partial charge in [0.1, 0.15) is 17.7 Å². The van der Waals surface area contributed by atoms with E-state index >= 15 is 0 Å². The second kappa shape index (κ2) is 6.64. The van der Waals surface area contributed by atoms with E-state index in [1.807, 2.05) is 32.0 Å². The zero-order valence-electron chi connectivity index (χ0n) is 11.4. The van der Waals surface area contributed by atoms with E-state index < -0.39 is 5.38 Å². The highest BCUT2D eigenvalue weighted by atomic mass is 35.5. The number of halogens is 1. The molecule has 1 atom stereocenters. The molecule has 0 heterocycles. The molecule has 0 saturated carbocycles. The van der Waals surface area contributed by atoms with Gasteiger partial charge in [-0.3, -0.25) is 4.79 Å². The van der Waals surface area contributed by atoms with Crippen molar-refractivity contribution in [1.82, 2.24) is 4.90 Å². The lowest BCUT2D eigenvalue weighted by atomic mass is 10.1. The van der Waals surface area contributed by atoms with Crippen molar-refractivity contribution in [2.24, 2.45) is 0 Å². The molecule has 0 spiro atoms. The second-order valence-electron chi connectivity index (χ2n) is 4.42. The number of ether oxygens (including phenoxy) is 1. The summed E-state index contributed by atoms with van der Waals surface area (Å²) in [5.74, 6) is 0.788. The van der Waals surface area contributed by atoms with Gasteiger partial charge in [-0.2, -0.15) is 0 Å². The molecular weight excluding hydrogens is 250 g/mol. The summed E-state index contributed by atoms with van der Waals surface area (Å²) >= 11 is 5.73. The van der Waals surface area contributed by atoms with Gasteiger partial charge >= 0.3 is 0 Å². The molecule has 0 bridgehead atoms. The number of hydrogen-bond acceptors (Lipinski definition) is 2. The average Bonchev–Trinajstić information content (AvgIpc) is 2.33. The number of aryl methyl sites for hydroxylation is 1. The van der Waals surface area contributed by atoms with Crippen molar-refractivity contribution in [2.75, 3.05) is 20.2 Å². The van der Waals surface area contributed by atoms with E-state index in [1.165, 1.54) is 5.56 Å². The van der Waals surface area contributed by atoms with Gasteiger partial charge in [-0.25, -0.2) is 0 Å². The Morgan fingerprint density at radius 1 is 1.44 bits per heavy atom. The highest BCUT2D eigenvalue weighted by Gasteiger charge is 2.14. The van der Waals surface area contributed by atoms with Gasteiger partial charge in [0.15, 0.2) is 0 Å². The summed E-state index contributed by atoms with van der Waals surface area (Å²) in [4.78, 5) is 13.1. The Bertz CT molecular complexity index is 418. The summed E-state index contributed by atoms with van der Waals surface area (Å²) < 4.78 is 5.68. The van der Waals surface area contributed by atoms with Gasteiger partial charge in [0.05, 0.1) is 6.54 Å². The number of alkyl halides is 1. The van der Waals surface area contributed by atoms with Crippen LogP contribution in [0.4, 0.5) is 0 Å². The van der Waals surface area contributed by atoms with E-state index in [-0.39, 0.29) is 5.91 Å². The van der Waals surface area contributed by atoms with E-state index in [0.717, 1.165) is 11.3 Å². The van der Waals surface area contributed by atoms with Crippen LogP contribution in [0.1, 0.15) is 18.1 Å². The van der Waals surface area contributed by atoms with Crippen LogP contribution >= 0.6 is 11.6 Å². The van der Waals surface area contributed by atoms with Crippen molar-refractivity contribution in [3.05, 3.63) is 29.3 Å². The molecule has 0 aliphatic rings. The number of amides is 1. The topological polar surface area (TPSA) is 29.5 Å². The number of nitrogens with zero attached hydrogens (tertiary/aromatic N) is 1. The minimum atomic E-state index is -0.490. The number of likely N-dealkylation sites (N-methyl/N-ethyl adjacent to an activating group) is 1. The average molecular weight is 270 g/mol. The lowest BCUT2D eigenvalue weighted by molar-refractivity contribution is -0.129. The number of benzene rings is 1. The number of hydrogen-bond donors (Lipinski definition) is 0. The SMILES string of the molecule is Cc1cccc(OCCN(C)C(=O)C(C)Cl)c1C. The third-order valence-electron chi connectivity index (χ3n) is 2.96. The predicted molar refractivity (Wildman–Crippen MR) is 74.4 cm³/mol. The summed E-state index contributed by atoms with van der Waals surface area (Å²) in [6.07, 6.45) is 0. The van der Waals surface area contributed by atoms with Crippen LogP contribution in [-0.2, 0) is 4.79 Å². The third-order valence-corrected chi connectivity index (χ3v) is 3.14. The normalized spacial score (nSPS) is 12.1. The Labute approximate surface area is 114 Å². The van der Waals surface area contributed by atoms with Gasteiger partial charge in [0.25, 0.3) is 0 Å². The number of carbonyl (C=O) groups excluding carboxylic acids is 1. The van der Waals surface area contributed by atoms with Crippen molar-refractivity contribution < 1.29 is 9.53 Å². The molecule has 1 rings (SSSR count). The Hall–Kier alpha value is -1.22. The first-order valence-corrected chi connectivity index (χ1v) is 6.45. The fourth-order valence-corrected chi connectivity index (χ4v) is 1.75. The van der Waals surface area contributed by atoms with E-state index in [9.17, 15) is 4.79 Å². The first-order chi connectivity index (χ1) is 8.43. The van der Waals surface area contributed by atoms with Gasteiger partial charge in [0, 0.05) is 7.05 Å². The molecule has 1 amide bonds. The first kappa shape index (κ1) is 14.8. The van der Waals surface area contributed by atoms with Crippen LogP contribution < -0.4 is 4.74 Å². The summed E-state index contributed by atoms with van der Waals surface area (Å²) in [5, 5.41) is -0.490. The zero-order valence-corrected chi connectivity index (χ0v) is 12.1. The van der Waals surface area contributed by atoms with Gasteiger partial charge < -0.3 is 9.64 Å². The monoisotopic (exact) mass is 269 g/mol. The molecule has 0 radical (unpaired) electrons. The van der Waals surface area contributed by atoms with Gasteiger partial charge in [-0.15, -0.1) is 11.6 Å². The minimum Gasteiger partial charge on any atom is -0.491 e. The summed E-state index contributed by atoms with van der Waals surface area (Å²) in [6, 6.07) is 5.95. The lowest BCUT2D eigenvalue weighted by Crippen LogP contribution is -2.35. The smallest absolute Gasteiger partial charge is 0.240 e. The van der Waals surface area contributed by atoms with Crippen molar-refractivity contribution in [3.8, 4) is 5.75 Å². The Morgan fingerprint density at radius 3 is 2.72 bits per heavy atom. The van der Waals surface area contributed by atoms with E-state index in [4.69, 9.17) is 16.3 Å². The molecular formula is C14H20ClNO2. The van der Waals surface area contributed by atoms with Crippen molar-refractivity contribution in [1.29, 1.82) is 0 Å². The molecule has 1 aromatic carbocycles. The molecule has 1 unspecified atom stereocenters. The minimum absolute atomic E-state index is 0.0822. The van der Waals surface area contributed by atoms with Crippen LogP contribution in [0.5, 0.6) is 5.75 Å². The Balaban J connectivity index is 2.47. The van der Waals surface area contributed by atoms with Crippen molar-refractivity contribution >= 4 is 17.5 Å². The number of carbonyl (C=O) groups is 1. The van der Waals surface area contributed by atoms with Crippen molar-refractivity contribution in [3.63, 3.8) is 0 Å². The highest BCUT2D eigenvalue weighted by Crippen LogP contribution is 2.20. The fraction of sp³-hybridized carbons (Fsp3) is 0.500. The largest absolute Gasteiger partial charge is 0.491 e. The highest BCUT2D eigenvalue weighted by molar-refractivity contribution is 6.30. The van der Waals surface area contributed by atoms with Crippen LogP contribution in [0.15, 0.2) is 18.2 Å². The van der Waals surface area contributed by atoms with Gasteiger partial charge in [-0.05, 0) is 38.0 Å². The third kappa shape index (κ3) is 3.91. The molecule has 1 aromatic rings. The maximum atomic E-state index is 11.5. The molecule has 0 aliphatic carbocycles. The molecule has 0 N–H and O–H groups in total. The molecule has 100 valence electrons. The lowest BCUT2D eigenvalue weighted by Gasteiger charge is -2.19. The fourth-order valence-electron chi connectivity index (χ4n) is 1.59. The Kier molecular flexibility index (Phi) is 5.48. The number of rotatable bonds is 5. The maximum Gasteiger partial charge on any atom is 0.240 e. The molecule has 0 aromatic heterocycles. The van der Waals surface area contributed by atoms with E-state index in [1.54, 1.807) is 18.9 Å². The predicted octanol–water partition coefficient (Wildman–Crippen LogP) is 2.77. The summed E-state index contributed by atoms with van der Waals surface area (Å²) in [7, 11) is 1.73. The molecule has 0 saturated heterocycles. The summed E-state index contributed by atoms with van der Waals surface area (Å²) in [5.41, 5.74) is 2.34. The van der Waals surface area contributed by atoms with Crippen LogP contribution in [-0.4, -0.2) is 36.4 Å². The quantitative estimate of drug-likeness (QED) is 0.770. The Morgan fingerprint density at radius 2 is 2.11 bits per heavy atom. The van der Waals surface area contributed by atoms with Crippen LogP contribution in [0, 0.1) is 13.8 Å². The standard InChI is InChI=1S/C14H20ClNO2/c1-10-6-5-7-13(11(10)2)18-9-8-16(4)14(17)12(3)15/h5-7,12H,8-9H2,1-4H3. The molecule has 0 aliphatic heterocycles. The first-order valence-electron chi connectivity index (χ1n) is 6.01. The zero-order chi connectivity index (χ0) is 13.7. The van der Waals surface area contributed by atoms with Crippen LogP contribution in [0.3, 0.4) is 0 Å². The molecule has 18 heavy (non-hydrogen) atoms. The maximum absolute atomic E-state index is 11.5. The summed E-state index contributed by atoms with van der Waals surface area (Å²) in [6.45, 7) is 6.75. The molecule has 0 fully saturated rings. The van der Waals surface area contributed by atoms with E-state index in [0.29, 0.717) is 13.2 Å². The van der Waals surface area contributed by atoms with E-state index in [2.05, 4.69) is 0 Å². The van der Waals surface area contributed by atoms with Crippen LogP contribution in [0.25, 0.3) is 0 Å². The molecule has 4 heteroatoms. The molecule has 3 nitrogen and oxygen atoms in total.